The zero-order chi connectivity index (χ0) is 13.8. The quantitative estimate of drug-likeness (QED) is 0.333. The van der Waals surface area contributed by atoms with Crippen LogP contribution in [0.15, 0.2) is 27.8 Å². The summed E-state index contributed by atoms with van der Waals surface area (Å²) in [6.07, 6.45) is 0.738. The van der Waals surface area contributed by atoms with Crippen LogP contribution in [0.2, 0.25) is 5.02 Å². The van der Waals surface area contributed by atoms with Crippen molar-refractivity contribution in [1.82, 2.24) is 0 Å². The number of oxime groups is 1. The number of nitrogens with one attached hydrogen (secondary N) is 1. The van der Waals surface area contributed by atoms with Gasteiger partial charge in [-0.1, -0.05) is 30.6 Å². The number of rotatable bonds is 5. The molecule has 4 nitrogen and oxygen atoms in total. The van der Waals surface area contributed by atoms with E-state index >= 15 is 0 Å². The summed E-state index contributed by atoms with van der Waals surface area (Å²) in [4.78, 5) is 0. The van der Waals surface area contributed by atoms with Gasteiger partial charge in [-0.05, 0) is 40.5 Å². The van der Waals surface area contributed by atoms with Gasteiger partial charge in [0.05, 0.1) is 0 Å². The van der Waals surface area contributed by atoms with Gasteiger partial charge in [0.1, 0.15) is 5.84 Å². The summed E-state index contributed by atoms with van der Waals surface area (Å²) in [6.45, 7) is 4.55. The molecule has 0 fully saturated rings. The van der Waals surface area contributed by atoms with Crippen molar-refractivity contribution < 1.29 is 5.21 Å². The Labute approximate surface area is 120 Å². The lowest BCUT2D eigenvalue weighted by Gasteiger charge is -2.23. The minimum Gasteiger partial charge on any atom is -0.409 e. The maximum absolute atomic E-state index is 8.68. The SMILES string of the molecule is CC(C)(CCNc1cc(Cl)ccc1Br)/C(N)=N/O. The number of hydrogen-bond donors (Lipinski definition) is 3. The number of hydrogen-bond acceptors (Lipinski definition) is 3. The lowest BCUT2D eigenvalue weighted by molar-refractivity contribution is 0.306. The fraction of sp³-hybridized carbons (Fsp3) is 0.417. The highest BCUT2D eigenvalue weighted by Gasteiger charge is 2.22. The van der Waals surface area contributed by atoms with Crippen molar-refractivity contribution in [3.05, 3.63) is 27.7 Å². The molecule has 0 spiro atoms. The monoisotopic (exact) mass is 333 g/mol. The fourth-order valence-electron chi connectivity index (χ4n) is 1.41. The van der Waals surface area contributed by atoms with E-state index in [2.05, 4.69) is 26.4 Å². The molecule has 6 heteroatoms. The Kier molecular flexibility index (Phi) is 5.28. The first-order valence-electron chi connectivity index (χ1n) is 5.54. The fourth-order valence-corrected chi connectivity index (χ4v) is 1.96. The van der Waals surface area contributed by atoms with E-state index < -0.39 is 0 Å². The maximum Gasteiger partial charge on any atom is 0.144 e. The predicted molar refractivity (Wildman–Crippen MR) is 79.4 cm³/mol. The number of amidine groups is 1. The smallest absolute Gasteiger partial charge is 0.144 e. The van der Waals surface area contributed by atoms with Crippen LogP contribution in [-0.4, -0.2) is 17.6 Å². The summed E-state index contributed by atoms with van der Waals surface area (Å²) >= 11 is 9.37. The summed E-state index contributed by atoms with van der Waals surface area (Å²) in [5.74, 6) is 0.231. The van der Waals surface area contributed by atoms with Gasteiger partial charge < -0.3 is 16.3 Å². The number of benzene rings is 1. The Morgan fingerprint density at radius 3 is 2.83 bits per heavy atom. The van der Waals surface area contributed by atoms with Crippen LogP contribution in [0.5, 0.6) is 0 Å². The Morgan fingerprint density at radius 2 is 2.22 bits per heavy atom. The van der Waals surface area contributed by atoms with Gasteiger partial charge in [0.2, 0.25) is 0 Å². The van der Waals surface area contributed by atoms with E-state index in [0.29, 0.717) is 11.6 Å². The largest absolute Gasteiger partial charge is 0.409 e. The molecule has 0 saturated carbocycles. The van der Waals surface area contributed by atoms with E-state index in [0.717, 1.165) is 16.6 Å². The standard InChI is InChI=1S/C12H17BrClN3O/c1-12(2,11(15)17-18)5-6-16-10-7-8(14)3-4-9(10)13/h3-4,7,16,18H,5-6H2,1-2H3,(H2,15,17). The van der Waals surface area contributed by atoms with Crippen LogP contribution in [-0.2, 0) is 0 Å². The lowest BCUT2D eigenvalue weighted by atomic mass is 9.88. The zero-order valence-electron chi connectivity index (χ0n) is 10.4. The first kappa shape index (κ1) is 15.1. The summed E-state index contributed by atoms with van der Waals surface area (Å²) in [6, 6.07) is 5.55. The van der Waals surface area contributed by atoms with Crippen LogP contribution in [0.3, 0.4) is 0 Å². The molecule has 0 radical (unpaired) electrons. The molecule has 0 bridgehead atoms. The molecule has 0 aliphatic heterocycles. The van der Waals surface area contributed by atoms with Crippen molar-refractivity contribution in [2.45, 2.75) is 20.3 Å². The summed E-state index contributed by atoms with van der Waals surface area (Å²) in [5, 5.41) is 15.7. The second kappa shape index (κ2) is 6.29. The lowest BCUT2D eigenvalue weighted by Crippen LogP contribution is -2.33. The normalized spacial score (nSPS) is 12.6. The topological polar surface area (TPSA) is 70.6 Å². The molecule has 0 amide bonds. The van der Waals surface area contributed by atoms with Gasteiger partial charge >= 0.3 is 0 Å². The van der Waals surface area contributed by atoms with Crippen molar-refractivity contribution in [2.24, 2.45) is 16.3 Å². The third-order valence-electron chi connectivity index (χ3n) is 2.79. The first-order valence-corrected chi connectivity index (χ1v) is 6.71. The average Bonchev–Trinajstić information content (AvgIpc) is 2.32. The second-order valence-electron chi connectivity index (χ2n) is 4.67. The van der Waals surface area contributed by atoms with Crippen LogP contribution >= 0.6 is 27.5 Å². The Morgan fingerprint density at radius 1 is 1.56 bits per heavy atom. The summed E-state index contributed by atoms with van der Waals surface area (Å²) < 4.78 is 0.952. The molecule has 0 heterocycles. The summed E-state index contributed by atoms with van der Waals surface area (Å²) in [5.41, 5.74) is 6.20. The molecule has 18 heavy (non-hydrogen) atoms. The average molecular weight is 335 g/mol. The van der Waals surface area contributed by atoms with Crippen LogP contribution in [0.1, 0.15) is 20.3 Å². The van der Waals surface area contributed by atoms with Gasteiger partial charge in [-0.2, -0.15) is 0 Å². The molecule has 0 unspecified atom stereocenters. The van der Waals surface area contributed by atoms with Crippen LogP contribution in [0, 0.1) is 5.41 Å². The predicted octanol–water partition coefficient (Wildman–Crippen LogP) is 3.68. The van der Waals surface area contributed by atoms with Crippen LogP contribution in [0.25, 0.3) is 0 Å². The van der Waals surface area contributed by atoms with Gasteiger partial charge in [-0.15, -0.1) is 0 Å². The van der Waals surface area contributed by atoms with E-state index in [4.69, 9.17) is 22.5 Å². The molecule has 1 aromatic rings. The van der Waals surface area contributed by atoms with Gasteiger partial charge in [0.15, 0.2) is 0 Å². The molecule has 0 atom stereocenters. The molecule has 0 saturated heterocycles. The highest BCUT2D eigenvalue weighted by molar-refractivity contribution is 9.10. The van der Waals surface area contributed by atoms with Gasteiger partial charge in [0.25, 0.3) is 0 Å². The van der Waals surface area contributed by atoms with E-state index in [1.165, 1.54) is 0 Å². The maximum atomic E-state index is 8.68. The zero-order valence-corrected chi connectivity index (χ0v) is 12.7. The second-order valence-corrected chi connectivity index (χ2v) is 5.96. The van der Waals surface area contributed by atoms with Crippen molar-refractivity contribution in [3.63, 3.8) is 0 Å². The van der Waals surface area contributed by atoms with Gasteiger partial charge in [-0.25, -0.2) is 0 Å². The highest BCUT2D eigenvalue weighted by atomic mass is 79.9. The molecular weight excluding hydrogens is 318 g/mol. The van der Waals surface area contributed by atoms with E-state index in [9.17, 15) is 0 Å². The molecule has 0 aliphatic carbocycles. The first-order chi connectivity index (χ1) is 8.36. The van der Waals surface area contributed by atoms with Gasteiger partial charge in [0, 0.05) is 27.1 Å². The highest BCUT2D eigenvalue weighted by Crippen LogP contribution is 2.27. The Balaban J connectivity index is 2.59. The van der Waals surface area contributed by atoms with Crippen molar-refractivity contribution in [1.29, 1.82) is 0 Å². The molecular formula is C12H17BrClN3O. The van der Waals surface area contributed by atoms with Crippen LogP contribution < -0.4 is 11.1 Å². The molecule has 100 valence electrons. The third-order valence-corrected chi connectivity index (χ3v) is 3.72. The molecule has 0 aromatic heterocycles. The third kappa shape index (κ3) is 4.07. The van der Waals surface area contributed by atoms with E-state index in [1.54, 1.807) is 0 Å². The Hall–Kier alpha value is -0.940. The van der Waals surface area contributed by atoms with E-state index in [1.807, 2.05) is 32.0 Å². The van der Waals surface area contributed by atoms with Crippen molar-refractivity contribution in [3.8, 4) is 0 Å². The molecule has 4 N–H and O–H groups in total. The molecule has 1 rings (SSSR count). The molecule has 0 aliphatic rings. The number of nitrogens with zero attached hydrogens (tertiary/aromatic N) is 1. The Bertz CT molecular complexity index is 449. The minimum atomic E-state index is -0.354. The van der Waals surface area contributed by atoms with Gasteiger partial charge in [-0.3, -0.25) is 0 Å². The number of halogens is 2. The van der Waals surface area contributed by atoms with Crippen molar-refractivity contribution in [2.75, 3.05) is 11.9 Å². The van der Waals surface area contributed by atoms with E-state index in [-0.39, 0.29) is 11.3 Å². The molecule has 1 aromatic carbocycles. The number of anilines is 1. The van der Waals surface area contributed by atoms with Crippen molar-refractivity contribution >= 4 is 39.1 Å². The minimum absolute atomic E-state index is 0.231. The number of nitrogens with two attached hydrogens (primary N) is 1. The van der Waals surface area contributed by atoms with Crippen LogP contribution in [0.4, 0.5) is 5.69 Å². The summed E-state index contributed by atoms with van der Waals surface area (Å²) in [7, 11) is 0.